The van der Waals surface area contributed by atoms with Gasteiger partial charge in [0.1, 0.15) is 11.2 Å². The van der Waals surface area contributed by atoms with Crippen LogP contribution in [0.15, 0.2) is 29.1 Å². The normalized spacial score (nSPS) is 16.2. The Labute approximate surface area is 208 Å². The third-order valence-electron chi connectivity index (χ3n) is 6.64. The van der Waals surface area contributed by atoms with Crippen molar-refractivity contribution >= 4 is 55.5 Å². The molecule has 1 aliphatic carbocycles. The van der Waals surface area contributed by atoms with Gasteiger partial charge in [0.2, 0.25) is 15.9 Å². The van der Waals surface area contributed by atoms with Crippen LogP contribution in [0.3, 0.4) is 0 Å². The summed E-state index contributed by atoms with van der Waals surface area (Å²) in [6.07, 6.45) is 2.96. The highest BCUT2D eigenvalue weighted by molar-refractivity contribution is 7.92. The van der Waals surface area contributed by atoms with Crippen LogP contribution in [-0.2, 0) is 26.6 Å². The Balaban J connectivity index is 1.56. The maximum absolute atomic E-state index is 12.9. The first-order valence-corrected chi connectivity index (χ1v) is 13.4. The number of hydrogen-bond donors (Lipinski definition) is 3. The molecule has 1 saturated carbocycles. The molecule has 0 atom stereocenters. The summed E-state index contributed by atoms with van der Waals surface area (Å²) in [7, 11) is 1.14. The molecule has 0 radical (unpaired) electrons. The molecule has 3 N–H and O–H groups in total. The third kappa shape index (κ3) is 4.51. The van der Waals surface area contributed by atoms with Gasteiger partial charge in [-0.1, -0.05) is 0 Å². The number of aromatic nitrogens is 3. The Morgan fingerprint density at radius 1 is 1.22 bits per heavy atom. The Morgan fingerprint density at radius 2 is 1.94 bits per heavy atom. The second-order valence-electron chi connectivity index (χ2n) is 9.34. The van der Waals surface area contributed by atoms with Crippen LogP contribution in [0, 0.1) is 5.92 Å². The predicted octanol–water partition coefficient (Wildman–Crippen LogP) is 1.58. The average Bonchev–Trinajstić information content (AvgIpc) is 3.59. The predicted molar refractivity (Wildman–Crippen MR) is 139 cm³/mol. The topological polar surface area (TPSA) is 142 Å². The molecule has 13 heteroatoms. The maximum atomic E-state index is 12.9. The zero-order valence-corrected chi connectivity index (χ0v) is 21.3. The molecule has 192 valence electrons. The fraction of sp³-hybridized carbons (Fsp3) is 0.435. The van der Waals surface area contributed by atoms with Crippen molar-refractivity contribution in [1.29, 1.82) is 0 Å². The molecular weight excluding hydrogens is 486 g/mol. The number of nitrogens with zero attached hydrogens (tertiary/aromatic N) is 4. The minimum atomic E-state index is -3.58. The number of hydrogen-bond acceptors (Lipinski definition) is 8. The van der Waals surface area contributed by atoms with Crippen LogP contribution in [-0.4, -0.2) is 68.7 Å². The van der Waals surface area contributed by atoms with E-state index in [1.54, 1.807) is 32.4 Å². The third-order valence-corrected chi connectivity index (χ3v) is 7.84. The smallest absolute Gasteiger partial charge is 0.277 e. The van der Waals surface area contributed by atoms with Gasteiger partial charge in [0.05, 0.1) is 29.4 Å². The standard InChI is InChI=1S/C23H29N7O5S/c1-28-23(32)20-17(10-19(25-21(20)27-28)26-22(31)13-5-6-13)24-16-8-7-14(30-11-15(12-30)35-3)9-18(16)29(2)36(4,33)34/h7-10,13,15H,5-6,11-12H2,1-4H3,(H3,24,25,26,27,31). The Bertz CT molecular complexity index is 1500. The van der Waals surface area contributed by atoms with Crippen molar-refractivity contribution in [3.05, 3.63) is 34.6 Å². The van der Waals surface area contributed by atoms with Gasteiger partial charge in [-0.2, -0.15) is 0 Å². The van der Waals surface area contributed by atoms with Crippen LogP contribution in [0.1, 0.15) is 12.8 Å². The number of nitrogens with one attached hydrogen (secondary N) is 3. The molecule has 3 aromatic rings. The minimum Gasteiger partial charge on any atom is -0.378 e. The summed E-state index contributed by atoms with van der Waals surface area (Å²) in [6, 6.07) is 7.04. The summed E-state index contributed by atoms with van der Waals surface area (Å²) in [4.78, 5) is 31.7. The summed E-state index contributed by atoms with van der Waals surface area (Å²) < 4.78 is 32.8. The summed E-state index contributed by atoms with van der Waals surface area (Å²) in [5, 5.41) is 9.24. The second-order valence-corrected chi connectivity index (χ2v) is 11.4. The first-order valence-electron chi connectivity index (χ1n) is 11.6. The number of ether oxygens (including phenoxy) is 1. The van der Waals surface area contributed by atoms with Crippen molar-refractivity contribution in [1.82, 2.24) is 14.8 Å². The van der Waals surface area contributed by atoms with E-state index in [2.05, 4.69) is 25.6 Å². The lowest BCUT2D eigenvalue weighted by Crippen LogP contribution is -2.51. The lowest BCUT2D eigenvalue weighted by atomic mass is 10.1. The van der Waals surface area contributed by atoms with Crippen molar-refractivity contribution in [3.8, 4) is 0 Å². The van der Waals surface area contributed by atoms with Crippen molar-refractivity contribution in [2.45, 2.75) is 18.9 Å². The highest BCUT2D eigenvalue weighted by Crippen LogP contribution is 2.37. The highest BCUT2D eigenvalue weighted by atomic mass is 32.2. The van der Waals surface area contributed by atoms with Gasteiger partial charge in [0, 0.05) is 52.0 Å². The lowest BCUT2D eigenvalue weighted by molar-refractivity contribution is -0.117. The summed E-state index contributed by atoms with van der Waals surface area (Å²) in [6.45, 7) is 1.42. The van der Waals surface area contributed by atoms with Crippen LogP contribution in [0.4, 0.5) is 28.6 Å². The highest BCUT2D eigenvalue weighted by Gasteiger charge is 2.31. The number of rotatable bonds is 8. The van der Waals surface area contributed by atoms with E-state index in [-0.39, 0.29) is 23.5 Å². The molecule has 1 aliphatic heterocycles. The number of methoxy groups -OCH3 is 1. The molecule has 0 spiro atoms. The second kappa shape index (κ2) is 8.82. The zero-order chi connectivity index (χ0) is 25.8. The van der Waals surface area contributed by atoms with E-state index >= 15 is 0 Å². The number of carbonyl (C=O) groups excluding carboxylic acids is 1. The quantitative estimate of drug-likeness (QED) is 0.411. The van der Waals surface area contributed by atoms with E-state index in [0.717, 1.165) is 24.8 Å². The molecule has 36 heavy (non-hydrogen) atoms. The van der Waals surface area contributed by atoms with Crippen molar-refractivity contribution in [2.24, 2.45) is 13.0 Å². The van der Waals surface area contributed by atoms with Gasteiger partial charge >= 0.3 is 0 Å². The van der Waals surface area contributed by atoms with E-state index in [0.29, 0.717) is 47.0 Å². The molecule has 2 aromatic heterocycles. The van der Waals surface area contributed by atoms with Crippen molar-refractivity contribution < 1.29 is 17.9 Å². The number of amides is 1. The number of H-pyrrole nitrogens is 1. The molecule has 1 amide bonds. The number of anilines is 5. The first-order chi connectivity index (χ1) is 17.0. The Morgan fingerprint density at radius 3 is 2.58 bits per heavy atom. The van der Waals surface area contributed by atoms with Crippen LogP contribution >= 0.6 is 0 Å². The van der Waals surface area contributed by atoms with Gasteiger partial charge in [-0.3, -0.25) is 23.7 Å². The number of aryl methyl sites for hydroxylation is 1. The SMILES string of the molecule is COC1CN(c2ccc(Nc3cc(NC(=O)C4CC4)nc4[nH]n(C)c(=O)c34)c(N(C)S(C)(=O)=O)c2)C1. The van der Waals surface area contributed by atoms with Crippen LogP contribution in [0.2, 0.25) is 0 Å². The summed E-state index contributed by atoms with van der Waals surface area (Å²) >= 11 is 0. The minimum absolute atomic E-state index is 0.0181. The van der Waals surface area contributed by atoms with Crippen LogP contribution in [0.5, 0.6) is 0 Å². The van der Waals surface area contributed by atoms with Gasteiger partial charge in [-0.05, 0) is 31.0 Å². The van der Waals surface area contributed by atoms with Gasteiger partial charge in [-0.25, -0.2) is 13.4 Å². The number of pyridine rings is 1. The molecule has 2 fully saturated rings. The molecule has 1 saturated heterocycles. The molecule has 1 aromatic carbocycles. The summed E-state index contributed by atoms with van der Waals surface area (Å²) in [5.74, 6) is 0.164. The number of benzene rings is 1. The van der Waals surface area contributed by atoms with E-state index in [4.69, 9.17) is 4.74 Å². The monoisotopic (exact) mass is 515 g/mol. The molecule has 0 unspecified atom stereocenters. The number of fused-ring (bicyclic) bond motifs is 1. The van der Waals surface area contributed by atoms with Gasteiger partial charge in [-0.15, -0.1) is 0 Å². The number of aromatic amines is 1. The van der Waals surface area contributed by atoms with Crippen molar-refractivity contribution in [2.75, 3.05) is 53.3 Å². The lowest BCUT2D eigenvalue weighted by Gasteiger charge is -2.40. The maximum Gasteiger partial charge on any atom is 0.277 e. The average molecular weight is 516 g/mol. The number of sulfonamides is 1. The van der Waals surface area contributed by atoms with Crippen LogP contribution in [0.25, 0.3) is 11.0 Å². The Kier molecular flexibility index (Phi) is 5.91. The molecule has 0 bridgehead atoms. The van der Waals surface area contributed by atoms with Gasteiger partial charge < -0.3 is 20.3 Å². The van der Waals surface area contributed by atoms with E-state index < -0.39 is 10.0 Å². The van der Waals surface area contributed by atoms with E-state index in [1.165, 1.54) is 16.0 Å². The van der Waals surface area contributed by atoms with Gasteiger partial charge in [0.25, 0.3) is 5.56 Å². The van der Waals surface area contributed by atoms with E-state index in [9.17, 15) is 18.0 Å². The molecule has 2 aliphatic rings. The first kappa shape index (κ1) is 24.1. The van der Waals surface area contributed by atoms with Gasteiger partial charge in [0.15, 0.2) is 5.65 Å². The fourth-order valence-electron chi connectivity index (χ4n) is 4.16. The molecule has 12 nitrogen and oxygen atoms in total. The van der Waals surface area contributed by atoms with Crippen molar-refractivity contribution in [3.63, 3.8) is 0 Å². The molecular formula is C23H29N7O5S. The number of carbonyl (C=O) groups is 1. The largest absolute Gasteiger partial charge is 0.378 e. The molecule has 3 heterocycles. The molecule has 5 rings (SSSR count). The van der Waals surface area contributed by atoms with E-state index in [1.807, 2.05) is 6.07 Å². The zero-order valence-electron chi connectivity index (χ0n) is 20.5. The van der Waals surface area contributed by atoms with Crippen LogP contribution < -0.4 is 25.4 Å². The fourth-order valence-corrected chi connectivity index (χ4v) is 4.67. The summed E-state index contributed by atoms with van der Waals surface area (Å²) in [5.41, 5.74) is 2.14. The Hall–Kier alpha value is -3.58.